The fourth-order valence-corrected chi connectivity index (χ4v) is 6.17. The molecule has 0 aromatic rings. The van der Waals surface area contributed by atoms with Crippen molar-refractivity contribution >= 4 is 11.9 Å². The number of aliphatic hydroxyl groups excluding tert-OH is 4. The van der Waals surface area contributed by atoms with Crippen LogP contribution in [0.5, 0.6) is 0 Å². The van der Waals surface area contributed by atoms with Gasteiger partial charge in [-0.25, -0.2) is 0 Å². The number of hydrogen-bond donors (Lipinski definition) is 4. The first-order valence-electron chi connectivity index (χ1n) is 18.7. The van der Waals surface area contributed by atoms with Crippen LogP contribution in [0.2, 0.25) is 0 Å². The van der Waals surface area contributed by atoms with Crippen molar-refractivity contribution in [3.63, 3.8) is 0 Å². The van der Waals surface area contributed by atoms with Crippen molar-refractivity contribution < 1.29 is 39.5 Å². The first-order chi connectivity index (χ1) is 22.3. The number of aliphatic hydroxyl groups is 4. The van der Waals surface area contributed by atoms with E-state index in [4.69, 9.17) is 9.47 Å². The standard InChI is InChI=1S/C38H68O8/c1-3-5-7-8-9-10-11-12-13-14-15-16-17-19-25-38(44)46-32(29-39)30-45-37(43)24-21-20-23-33-34(36(42)28-35(33)41)27-26-31(40)22-18-6-4-2/h20-21,26-27,31-36,39-42H,3-19,22-25,28-30H2,1-2H3/b21-20-,27-26+/t31-,32+,33+,34-,35+,36-/m1/s1. The number of hydrogen-bond acceptors (Lipinski definition) is 8. The summed E-state index contributed by atoms with van der Waals surface area (Å²) in [6.07, 6.45) is 26.5. The predicted octanol–water partition coefficient (Wildman–Crippen LogP) is 7.50. The van der Waals surface area contributed by atoms with Crippen LogP contribution in [0.25, 0.3) is 0 Å². The number of allylic oxidation sites excluding steroid dienone is 1. The van der Waals surface area contributed by atoms with Gasteiger partial charge in [0.1, 0.15) is 6.61 Å². The van der Waals surface area contributed by atoms with Crippen molar-refractivity contribution in [2.75, 3.05) is 13.2 Å². The lowest BCUT2D eigenvalue weighted by molar-refractivity contribution is -0.161. The number of unbranched alkanes of at least 4 members (excludes halogenated alkanes) is 15. The molecule has 0 aromatic carbocycles. The summed E-state index contributed by atoms with van der Waals surface area (Å²) in [5.41, 5.74) is 0. The van der Waals surface area contributed by atoms with Crippen LogP contribution in [0, 0.1) is 11.8 Å². The SMILES string of the molecule is CCCCCCCCCCCCCCCCC(=O)O[C@@H](CO)COC(=O)C/C=C\C[C@H]1[C@@H](/C=C/[C@H](O)CCCCC)[C@H](O)C[C@@H]1O. The molecule has 0 radical (unpaired) electrons. The van der Waals surface area contributed by atoms with Crippen LogP contribution in [0.4, 0.5) is 0 Å². The Morgan fingerprint density at radius 2 is 1.33 bits per heavy atom. The van der Waals surface area contributed by atoms with Gasteiger partial charge in [-0.3, -0.25) is 9.59 Å². The largest absolute Gasteiger partial charge is 0.461 e. The second kappa shape index (κ2) is 28.3. The molecule has 1 aliphatic rings. The van der Waals surface area contributed by atoms with Gasteiger partial charge in [0.25, 0.3) is 0 Å². The van der Waals surface area contributed by atoms with Crippen LogP contribution >= 0.6 is 0 Å². The highest BCUT2D eigenvalue weighted by atomic mass is 16.6. The van der Waals surface area contributed by atoms with Crippen LogP contribution in [-0.2, 0) is 19.1 Å². The van der Waals surface area contributed by atoms with Gasteiger partial charge in [0.05, 0.1) is 31.3 Å². The molecule has 46 heavy (non-hydrogen) atoms. The van der Waals surface area contributed by atoms with E-state index in [-0.39, 0.29) is 37.3 Å². The summed E-state index contributed by atoms with van der Waals surface area (Å²) >= 11 is 0. The highest BCUT2D eigenvalue weighted by molar-refractivity contribution is 5.71. The topological polar surface area (TPSA) is 134 Å². The fraction of sp³-hybridized carbons (Fsp3) is 0.842. The van der Waals surface area contributed by atoms with Crippen molar-refractivity contribution in [3.05, 3.63) is 24.3 Å². The van der Waals surface area contributed by atoms with E-state index in [1.54, 1.807) is 18.2 Å². The van der Waals surface area contributed by atoms with Crippen molar-refractivity contribution in [1.29, 1.82) is 0 Å². The Morgan fingerprint density at radius 3 is 1.91 bits per heavy atom. The molecule has 4 N–H and O–H groups in total. The number of esters is 2. The van der Waals surface area contributed by atoms with Crippen molar-refractivity contribution in [2.24, 2.45) is 11.8 Å². The number of carbonyl (C=O) groups excluding carboxylic acids is 2. The minimum absolute atomic E-state index is 0.00710. The van der Waals surface area contributed by atoms with E-state index < -0.39 is 37.0 Å². The molecule has 0 aliphatic heterocycles. The van der Waals surface area contributed by atoms with Gasteiger partial charge in [-0.2, -0.15) is 0 Å². The molecule has 0 unspecified atom stereocenters. The zero-order chi connectivity index (χ0) is 33.8. The van der Waals surface area contributed by atoms with Crippen LogP contribution in [0.1, 0.15) is 155 Å². The normalized spacial score (nSPS) is 21.3. The zero-order valence-corrected chi connectivity index (χ0v) is 29.2. The van der Waals surface area contributed by atoms with E-state index in [2.05, 4.69) is 13.8 Å². The maximum Gasteiger partial charge on any atom is 0.309 e. The molecule has 8 heteroatoms. The monoisotopic (exact) mass is 652 g/mol. The Hall–Kier alpha value is -1.74. The number of ether oxygens (including phenoxy) is 2. The molecule has 0 saturated heterocycles. The van der Waals surface area contributed by atoms with Gasteiger partial charge < -0.3 is 29.9 Å². The summed E-state index contributed by atoms with van der Waals surface area (Å²) in [5.74, 6) is -1.36. The summed E-state index contributed by atoms with van der Waals surface area (Å²) < 4.78 is 10.5. The molecule has 1 aliphatic carbocycles. The summed E-state index contributed by atoms with van der Waals surface area (Å²) in [6, 6.07) is 0. The average molecular weight is 653 g/mol. The molecule has 8 nitrogen and oxygen atoms in total. The van der Waals surface area contributed by atoms with Crippen LogP contribution in [0.3, 0.4) is 0 Å². The molecular weight excluding hydrogens is 584 g/mol. The lowest BCUT2D eigenvalue weighted by Crippen LogP contribution is -2.28. The van der Waals surface area contributed by atoms with Crippen LogP contribution in [0.15, 0.2) is 24.3 Å². The van der Waals surface area contributed by atoms with E-state index in [0.717, 1.165) is 38.5 Å². The van der Waals surface area contributed by atoms with Gasteiger partial charge in [0.2, 0.25) is 0 Å². The van der Waals surface area contributed by atoms with Crippen molar-refractivity contribution in [1.82, 2.24) is 0 Å². The Morgan fingerprint density at radius 1 is 0.761 bits per heavy atom. The van der Waals surface area contributed by atoms with E-state index in [9.17, 15) is 30.0 Å². The van der Waals surface area contributed by atoms with E-state index >= 15 is 0 Å². The van der Waals surface area contributed by atoms with Gasteiger partial charge in [-0.05, 0) is 25.2 Å². The summed E-state index contributed by atoms with van der Waals surface area (Å²) in [7, 11) is 0. The van der Waals surface area contributed by atoms with Crippen molar-refractivity contribution in [2.45, 2.75) is 180 Å². The van der Waals surface area contributed by atoms with Gasteiger partial charge in [0.15, 0.2) is 6.10 Å². The first-order valence-corrected chi connectivity index (χ1v) is 18.7. The lowest BCUT2D eigenvalue weighted by Gasteiger charge is -2.19. The molecular formula is C38H68O8. The third-order valence-electron chi connectivity index (χ3n) is 9.10. The second-order valence-corrected chi connectivity index (χ2v) is 13.3. The summed E-state index contributed by atoms with van der Waals surface area (Å²) in [6.45, 7) is 3.75. The van der Waals surface area contributed by atoms with Gasteiger partial charge in [0, 0.05) is 18.8 Å². The molecule has 1 rings (SSSR count). The molecule has 0 spiro atoms. The molecule has 0 amide bonds. The third kappa shape index (κ3) is 21.2. The smallest absolute Gasteiger partial charge is 0.309 e. The van der Waals surface area contributed by atoms with Crippen LogP contribution < -0.4 is 0 Å². The molecule has 0 bridgehead atoms. The molecule has 268 valence electrons. The molecule has 1 saturated carbocycles. The summed E-state index contributed by atoms with van der Waals surface area (Å²) in [5, 5.41) is 40.6. The molecule has 1 fully saturated rings. The van der Waals surface area contributed by atoms with Crippen LogP contribution in [-0.4, -0.2) is 70.0 Å². The quantitative estimate of drug-likeness (QED) is 0.0371. The number of carbonyl (C=O) groups is 2. The first kappa shape index (κ1) is 42.3. The third-order valence-corrected chi connectivity index (χ3v) is 9.10. The minimum atomic E-state index is -0.882. The summed E-state index contributed by atoms with van der Waals surface area (Å²) in [4.78, 5) is 24.4. The molecule has 6 atom stereocenters. The van der Waals surface area contributed by atoms with E-state index in [1.807, 2.05) is 6.08 Å². The fourth-order valence-electron chi connectivity index (χ4n) is 6.17. The highest BCUT2D eigenvalue weighted by Gasteiger charge is 2.39. The van der Waals surface area contributed by atoms with E-state index in [0.29, 0.717) is 19.3 Å². The zero-order valence-electron chi connectivity index (χ0n) is 29.2. The average Bonchev–Trinajstić information content (AvgIpc) is 3.31. The maximum absolute atomic E-state index is 12.2. The Labute approximate surface area is 280 Å². The minimum Gasteiger partial charge on any atom is -0.461 e. The number of rotatable bonds is 29. The van der Waals surface area contributed by atoms with Gasteiger partial charge >= 0.3 is 11.9 Å². The van der Waals surface area contributed by atoms with E-state index in [1.165, 1.54) is 70.6 Å². The second-order valence-electron chi connectivity index (χ2n) is 13.3. The Kier molecular flexibility index (Phi) is 26.0. The lowest BCUT2D eigenvalue weighted by atomic mass is 9.89. The van der Waals surface area contributed by atoms with Gasteiger partial charge in [-0.1, -0.05) is 141 Å². The predicted molar refractivity (Wildman–Crippen MR) is 184 cm³/mol. The molecule has 0 aromatic heterocycles. The van der Waals surface area contributed by atoms with Crippen molar-refractivity contribution in [3.8, 4) is 0 Å². The maximum atomic E-state index is 12.2. The Bertz CT molecular complexity index is 813. The van der Waals surface area contributed by atoms with Gasteiger partial charge in [-0.15, -0.1) is 0 Å². The molecule has 0 heterocycles. The Balaban J connectivity index is 2.18. The highest BCUT2D eigenvalue weighted by Crippen LogP contribution is 2.36.